The van der Waals surface area contributed by atoms with E-state index in [2.05, 4.69) is 0 Å². The molecule has 9 heteroatoms. The van der Waals surface area contributed by atoms with E-state index in [1.54, 1.807) is 32.2 Å². The molecular formula is C32H36O9. The number of ether oxygens (including phenoxy) is 7. The van der Waals surface area contributed by atoms with Gasteiger partial charge in [-0.3, -0.25) is 0 Å². The molecule has 1 N–H and O–H groups in total. The molecule has 218 valence electrons. The Morgan fingerprint density at radius 1 is 0.878 bits per heavy atom. The monoisotopic (exact) mass is 564 g/mol. The van der Waals surface area contributed by atoms with Gasteiger partial charge in [0, 0.05) is 16.7 Å². The molecule has 0 spiro atoms. The van der Waals surface area contributed by atoms with Gasteiger partial charge in [-0.05, 0) is 62.9 Å². The van der Waals surface area contributed by atoms with E-state index in [0.717, 1.165) is 16.7 Å². The lowest BCUT2D eigenvalue weighted by Gasteiger charge is -2.41. The lowest BCUT2D eigenvalue weighted by Crippen LogP contribution is -2.43. The SMILES string of the molecule is COc1cc2c(c(OC)c1OC)-c1c(cc3c(c1OC)OCO3)C[C@H](C)[C@](C)(O)[C@H]2OC(=O)c1cc(C)cc(C)c1. The fraction of sp³-hybridized carbons (Fsp3) is 0.406. The van der Waals surface area contributed by atoms with E-state index in [9.17, 15) is 9.90 Å². The molecule has 0 unspecified atom stereocenters. The Labute approximate surface area is 239 Å². The van der Waals surface area contributed by atoms with Crippen LogP contribution in [0.15, 0.2) is 30.3 Å². The van der Waals surface area contributed by atoms with Gasteiger partial charge in [0.1, 0.15) is 5.60 Å². The van der Waals surface area contributed by atoms with Crippen molar-refractivity contribution in [3.8, 4) is 45.6 Å². The summed E-state index contributed by atoms with van der Waals surface area (Å²) in [7, 11) is 6.10. The van der Waals surface area contributed by atoms with Crippen LogP contribution in [0, 0.1) is 19.8 Å². The van der Waals surface area contributed by atoms with Crippen LogP contribution in [0.4, 0.5) is 0 Å². The average Bonchev–Trinajstić information content (AvgIpc) is 3.41. The molecule has 1 aliphatic heterocycles. The van der Waals surface area contributed by atoms with E-state index in [0.29, 0.717) is 63.2 Å². The Morgan fingerprint density at radius 2 is 1.54 bits per heavy atom. The molecule has 3 aromatic carbocycles. The van der Waals surface area contributed by atoms with Gasteiger partial charge in [-0.2, -0.15) is 0 Å². The van der Waals surface area contributed by atoms with Crippen LogP contribution in [-0.2, 0) is 11.2 Å². The normalized spacial score (nSPS) is 20.7. The Bertz CT molecular complexity index is 1490. The molecule has 0 fully saturated rings. The van der Waals surface area contributed by atoms with E-state index in [-0.39, 0.29) is 12.7 Å². The van der Waals surface area contributed by atoms with Crippen LogP contribution >= 0.6 is 0 Å². The van der Waals surface area contributed by atoms with Gasteiger partial charge in [-0.15, -0.1) is 0 Å². The molecule has 3 aromatic rings. The zero-order chi connectivity index (χ0) is 29.6. The summed E-state index contributed by atoms with van der Waals surface area (Å²) in [5.41, 5.74) is 3.23. The number of esters is 1. The smallest absolute Gasteiger partial charge is 0.338 e. The van der Waals surface area contributed by atoms with Crippen molar-refractivity contribution >= 4 is 5.97 Å². The highest BCUT2D eigenvalue weighted by Gasteiger charge is 2.47. The van der Waals surface area contributed by atoms with E-state index < -0.39 is 17.7 Å². The molecule has 0 saturated heterocycles. The summed E-state index contributed by atoms with van der Waals surface area (Å²) in [5, 5.41) is 12.2. The van der Waals surface area contributed by atoms with E-state index in [1.165, 1.54) is 21.3 Å². The van der Waals surface area contributed by atoms with Crippen molar-refractivity contribution in [1.29, 1.82) is 0 Å². The molecule has 0 aromatic heterocycles. The fourth-order valence-electron chi connectivity index (χ4n) is 5.89. The highest BCUT2D eigenvalue weighted by Crippen LogP contribution is 2.59. The molecule has 5 rings (SSSR count). The summed E-state index contributed by atoms with van der Waals surface area (Å²) >= 11 is 0. The molecule has 41 heavy (non-hydrogen) atoms. The summed E-state index contributed by atoms with van der Waals surface area (Å²) < 4.78 is 41.1. The second kappa shape index (κ2) is 10.7. The summed E-state index contributed by atoms with van der Waals surface area (Å²) in [4.78, 5) is 13.7. The van der Waals surface area contributed by atoms with Gasteiger partial charge in [0.25, 0.3) is 0 Å². The molecule has 1 aliphatic carbocycles. The molecule has 0 bridgehead atoms. The first kappa shape index (κ1) is 28.4. The van der Waals surface area contributed by atoms with E-state index in [4.69, 9.17) is 33.2 Å². The number of carbonyl (C=O) groups excluding carboxylic acids is 1. The summed E-state index contributed by atoms with van der Waals surface area (Å²) in [6, 6.07) is 9.14. The molecule has 1 heterocycles. The van der Waals surface area contributed by atoms with Gasteiger partial charge < -0.3 is 38.3 Å². The maximum atomic E-state index is 13.7. The quantitative estimate of drug-likeness (QED) is 0.385. The molecule has 0 amide bonds. The van der Waals surface area contributed by atoms with Crippen molar-refractivity contribution in [3.05, 3.63) is 58.1 Å². The number of aryl methyl sites for hydroxylation is 2. The largest absolute Gasteiger partial charge is 0.493 e. The molecule has 0 saturated carbocycles. The summed E-state index contributed by atoms with van der Waals surface area (Å²) in [5.74, 6) is 1.52. The van der Waals surface area contributed by atoms with Gasteiger partial charge in [-0.25, -0.2) is 4.79 Å². The number of methoxy groups -OCH3 is 4. The maximum absolute atomic E-state index is 13.7. The zero-order valence-electron chi connectivity index (χ0n) is 24.7. The molecule has 9 nitrogen and oxygen atoms in total. The average molecular weight is 565 g/mol. The predicted octanol–water partition coefficient (Wildman–Crippen LogP) is 5.57. The summed E-state index contributed by atoms with van der Waals surface area (Å²) in [6.07, 6.45) is -0.720. The highest BCUT2D eigenvalue weighted by atomic mass is 16.7. The van der Waals surface area contributed by atoms with Gasteiger partial charge in [0.2, 0.25) is 18.3 Å². The topological polar surface area (TPSA) is 102 Å². The van der Waals surface area contributed by atoms with Gasteiger partial charge in [0.05, 0.1) is 34.0 Å². The van der Waals surface area contributed by atoms with E-state index in [1.807, 2.05) is 32.9 Å². The number of rotatable bonds is 6. The highest BCUT2D eigenvalue weighted by molar-refractivity contribution is 5.92. The third-order valence-corrected chi connectivity index (χ3v) is 8.04. The molecular weight excluding hydrogens is 528 g/mol. The lowest BCUT2D eigenvalue weighted by molar-refractivity contribution is -0.107. The van der Waals surface area contributed by atoms with Gasteiger partial charge >= 0.3 is 5.97 Å². The second-order valence-corrected chi connectivity index (χ2v) is 10.8. The standard InChI is InChI=1S/C32H36O9/c1-16-9-17(2)11-20(10-16)31(33)41-30-21-14-22(35-5)26(36-6)29(38-8)25(21)24-19(12-18(3)32(30,4)34)13-23-27(28(24)37-7)40-15-39-23/h9-11,13-14,18,30,34H,12,15H2,1-8H3/t18-,30-,32-/m0/s1. The zero-order valence-corrected chi connectivity index (χ0v) is 24.7. The number of fused-ring (bicyclic) bond motifs is 4. The van der Waals surface area contributed by atoms with Crippen LogP contribution in [-0.4, -0.2) is 51.9 Å². The van der Waals surface area contributed by atoms with Crippen LogP contribution in [0.1, 0.15) is 52.6 Å². The van der Waals surface area contributed by atoms with Crippen molar-refractivity contribution in [2.24, 2.45) is 5.92 Å². The first-order chi connectivity index (χ1) is 19.5. The Balaban J connectivity index is 1.85. The van der Waals surface area contributed by atoms with Crippen LogP contribution in [0.2, 0.25) is 0 Å². The molecule has 3 atom stereocenters. The second-order valence-electron chi connectivity index (χ2n) is 10.8. The first-order valence-electron chi connectivity index (χ1n) is 13.4. The number of benzene rings is 3. The van der Waals surface area contributed by atoms with Crippen molar-refractivity contribution < 1.29 is 43.1 Å². The predicted molar refractivity (Wildman–Crippen MR) is 152 cm³/mol. The first-order valence-corrected chi connectivity index (χ1v) is 13.4. The maximum Gasteiger partial charge on any atom is 0.338 e. The minimum Gasteiger partial charge on any atom is -0.493 e. The Kier molecular flexibility index (Phi) is 7.42. The minimum atomic E-state index is -1.52. The number of hydrogen-bond donors (Lipinski definition) is 1. The Morgan fingerprint density at radius 3 is 2.15 bits per heavy atom. The van der Waals surface area contributed by atoms with E-state index >= 15 is 0 Å². The number of hydrogen-bond acceptors (Lipinski definition) is 9. The Hall–Kier alpha value is -4.11. The third kappa shape index (κ3) is 4.68. The fourth-order valence-corrected chi connectivity index (χ4v) is 5.89. The minimum absolute atomic E-state index is 0.0495. The van der Waals surface area contributed by atoms with Crippen molar-refractivity contribution in [2.45, 2.75) is 45.8 Å². The van der Waals surface area contributed by atoms with Crippen LogP contribution < -0.4 is 28.4 Å². The third-order valence-electron chi connectivity index (χ3n) is 8.04. The van der Waals surface area contributed by atoms with Crippen LogP contribution in [0.25, 0.3) is 11.1 Å². The van der Waals surface area contributed by atoms with Crippen molar-refractivity contribution in [1.82, 2.24) is 0 Å². The number of carbonyl (C=O) groups is 1. The number of aliphatic hydroxyl groups is 1. The molecule has 2 aliphatic rings. The lowest BCUT2D eigenvalue weighted by atomic mass is 9.73. The van der Waals surface area contributed by atoms with Gasteiger partial charge in [-0.1, -0.05) is 24.1 Å². The van der Waals surface area contributed by atoms with Crippen molar-refractivity contribution in [2.75, 3.05) is 35.2 Å². The summed E-state index contributed by atoms with van der Waals surface area (Å²) in [6.45, 7) is 7.49. The van der Waals surface area contributed by atoms with Crippen LogP contribution in [0.5, 0.6) is 34.5 Å². The van der Waals surface area contributed by atoms with Gasteiger partial charge in [0.15, 0.2) is 29.1 Å². The van der Waals surface area contributed by atoms with Crippen LogP contribution in [0.3, 0.4) is 0 Å². The molecule has 0 radical (unpaired) electrons. The van der Waals surface area contributed by atoms with Crippen molar-refractivity contribution in [3.63, 3.8) is 0 Å².